The van der Waals surface area contributed by atoms with E-state index >= 15 is 0 Å². The van der Waals surface area contributed by atoms with Crippen molar-refractivity contribution in [3.8, 4) is 5.75 Å². The third-order valence-corrected chi connectivity index (χ3v) is 9.12. The zero-order valence-corrected chi connectivity index (χ0v) is 23.4. The fraction of sp³-hybridized carbons (Fsp3) is 0.536. The van der Waals surface area contributed by atoms with Gasteiger partial charge in [0.25, 0.3) is 10.0 Å². The second kappa shape index (κ2) is 13.5. The zero-order chi connectivity index (χ0) is 28.8. The number of amides is 1. The third-order valence-electron chi connectivity index (χ3n) is 7.48. The van der Waals surface area contributed by atoms with E-state index in [0.29, 0.717) is 39.1 Å². The molecule has 3 saturated heterocycles. The Morgan fingerprint density at radius 3 is 2.49 bits per heavy atom. The molecule has 1 amide bonds. The molecular formula is C28H36N2O10S. The molecule has 0 radical (unpaired) electrons. The summed E-state index contributed by atoms with van der Waals surface area (Å²) in [5, 5.41) is 23.8. The summed E-state index contributed by atoms with van der Waals surface area (Å²) in [5.41, 5.74) is 0.823. The van der Waals surface area contributed by atoms with Gasteiger partial charge in [-0.15, -0.1) is 0 Å². The molecule has 224 valence electrons. The van der Waals surface area contributed by atoms with Crippen LogP contribution in [0.5, 0.6) is 5.75 Å². The van der Waals surface area contributed by atoms with Gasteiger partial charge in [0.15, 0.2) is 6.29 Å². The van der Waals surface area contributed by atoms with Crippen LogP contribution in [0, 0.1) is 5.92 Å². The van der Waals surface area contributed by atoms with Crippen molar-refractivity contribution in [2.75, 3.05) is 33.0 Å². The van der Waals surface area contributed by atoms with Crippen LogP contribution in [-0.2, 0) is 40.2 Å². The number of ether oxygens (including phenoxy) is 4. The number of rotatable bonds is 11. The number of aliphatic hydroxyl groups is 1. The molecule has 41 heavy (non-hydrogen) atoms. The largest absolute Gasteiger partial charge is 0.508 e. The van der Waals surface area contributed by atoms with E-state index in [2.05, 4.69) is 5.32 Å². The number of carbonyl (C=O) groups is 1. The Labute approximate surface area is 239 Å². The second-order valence-electron chi connectivity index (χ2n) is 10.4. The summed E-state index contributed by atoms with van der Waals surface area (Å²) in [6, 6.07) is 13.4. The predicted octanol–water partition coefficient (Wildman–Crippen LogP) is 1.95. The number of hydrogen-bond donors (Lipinski definition) is 3. The molecule has 3 N–H and O–H groups in total. The van der Waals surface area contributed by atoms with Crippen molar-refractivity contribution in [1.29, 1.82) is 0 Å². The van der Waals surface area contributed by atoms with Gasteiger partial charge in [0.1, 0.15) is 11.9 Å². The van der Waals surface area contributed by atoms with Crippen molar-refractivity contribution in [2.45, 2.75) is 61.2 Å². The molecule has 3 heterocycles. The van der Waals surface area contributed by atoms with Crippen molar-refractivity contribution in [3.63, 3.8) is 0 Å². The highest BCUT2D eigenvalue weighted by atomic mass is 32.2. The maximum atomic E-state index is 13.6. The topological polar surface area (TPSA) is 153 Å². The number of aromatic hydroxyl groups is 1. The van der Waals surface area contributed by atoms with Gasteiger partial charge in [-0.1, -0.05) is 34.8 Å². The summed E-state index contributed by atoms with van der Waals surface area (Å²) < 4.78 is 50.1. The summed E-state index contributed by atoms with van der Waals surface area (Å²) in [7, 11) is -4.25. The Kier molecular flexibility index (Phi) is 9.75. The highest BCUT2D eigenvalue weighted by molar-refractivity contribution is 7.89. The van der Waals surface area contributed by atoms with Gasteiger partial charge < -0.3 is 34.5 Å². The molecule has 5 rings (SSSR count). The summed E-state index contributed by atoms with van der Waals surface area (Å²) in [4.78, 5) is 18.8. The predicted molar refractivity (Wildman–Crippen MR) is 144 cm³/mol. The number of nitrogens with one attached hydrogen (secondary N) is 1. The number of carbonyl (C=O) groups excluding carboxylic acids is 1. The van der Waals surface area contributed by atoms with E-state index in [1.54, 1.807) is 0 Å². The molecule has 0 bridgehead atoms. The lowest BCUT2D eigenvalue weighted by atomic mass is 10.0. The van der Waals surface area contributed by atoms with E-state index in [9.17, 15) is 23.4 Å². The molecule has 0 aromatic heterocycles. The van der Waals surface area contributed by atoms with Gasteiger partial charge in [-0.3, -0.25) is 4.84 Å². The van der Waals surface area contributed by atoms with Crippen LogP contribution in [-0.4, -0.2) is 92.8 Å². The zero-order valence-electron chi connectivity index (χ0n) is 22.5. The lowest BCUT2D eigenvalue weighted by Gasteiger charge is -2.32. The van der Waals surface area contributed by atoms with Crippen molar-refractivity contribution in [3.05, 3.63) is 60.2 Å². The minimum atomic E-state index is -4.25. The fourth-order valence-electron chi connectivity index (χ4n) is 5.18. The number of alkyl carbamates (subject to hydrolysis) is 1. The Morgan fingerprint density at radius 2 is 1.76 bits per heavy atom. The van der Waals surface area contributed by atoms with Crippen LogP contribution >= 0.6 is 0 Å². The normalized spacial score (nSPS) is 24.6. The first-order valence-electron chi connectivity index (χ1n) is 13.8. The lowest BCUT2D eigenvalue weighted by Crippen LogP contribution is -2.52. The highest BCUT2D eigenvalue weighted by Gasteiger charge is 2.44. The molecule has 12 nitrogen and oxygen atoms in total. The Morgan fingerprint density at radius 1 is 1.02 bits per heavy atom. The summed E-state index contributed by atoms with van der Waals surface area (Å²) in [6.07, 6.45) is -1.57. The van der Waals surface area contributed by atoms with Crippen molar-refractivity contribution < 1.29 is 47.2 Å². The SMILES string of the molecule is O=C(NC(Cc1ccccc1)C(O)CN(OC1CCOCC1)S(=O)(=O)c1ccc(O)cc1)O[C@H]1CO[C@H]2OCC[C@H]21. The van der Waals surface area contributed by atoms with Gasteiger partial charge in [-0.05, 0) is 55.5 Å². The van der Waals surface area contributed by atoms with Gasteiger partial charge in [0, 0.05) is 13.2 Å². The second-order valence-corrected chi connectivity index (χ2v) is 12.2. The van der Waals surface area contributed by atoms with Crippen LogP contribution in [0.2, 0.25) is 0 Å². The van der Waals surface area contributed by atoms with Crippen LogP contribution < -0.4 is 5.32 Å². The monoisotopic (exact) mass is 592 g/mol. The van der Waals surface area contributed by atoms with E-state index in [1.807, 2.05) is 30.3 Å². The molecule has 0 spiro atoms. The van der Waals surface area contributed by atoms with Gasteiger partial charge in [-0.2, -0.15) is 0 Å². The number of nitrogens with zero attached hydrogens (tertiary/aromatic N) is 1. The Hall–Kier alpha value is -2.78. The molecule has 13 heteroatoms. The molecule has 0 saturated carbocycles. The Balaban J connectivity index is 1.34. The van der Waals surface area contributed by atoms with E-state index in [1.165, 1.54) is 24.3 Å². The molecule has 2 aromatic carbocycles. The first-order valence-corrected chi connectivity index (χ1v) is 15.2. The molecule has 0 aliphatic carbocycles. The number of phenols is 1. The number of benzene rings is 2. The standard InChI is InChI=1S/C28H36N2O10S/c31-20-6-8-22(9-7-20)41(34,35)30(40-21-10-13-36-14-11-21)17-25(32)24(16-19-4-2-1-3-5-19)29-28(33)39-26-18-38-27-23(26)12-15-37-27/h1-9,21,23-27,31-32H,10-18H2,(H,29,33)/t23-,24?,25?,26-,27+/m0/s1. The molecular weight excluding hydrogens is 556 g/mol. The number of phenolic OH excluding ortho intramolecular Hbond substituents is 1. The summed E-state index contributed by atoms with van der Waals surface area (Å²) >= 11 is 0. The van der Waals surface area contributed by atoms with E-state index in [0.717, 1.165) is 10.0 Å². The van der Waals surface area contributed by atoms with Gasteiger partial charge in [0.05, 0.1) is 48.8 Å². The minimum absolute atomic E-state index is 0.0583. The molecule has 3 aliphatic rings. The van der Waals surface area contributed by atoms with Crippen LogP contribution in [0.15, 0.2) is 59.5 Å². The molecule has 2 aromatic rings. The smallest absolute Gasteiger partial charge is 0.407 e. The average molecular weight is 593 g/mol. The number of aliphatic hydroxyl groups excluding tert-OH is 1. The molecule has 2 unspecified atom stereocenters. The lowest BCUT2D eigenvalue weighted by molar-refractivity contribution is -0.170. The van der Waals surface area contributed by atoms with Crippen LogP contribution in [0.4, 0.5) is 4.79 Å². The van der Waals surface area contributed by atoms with Crippen molar-refractivity contribution in [2.24, 2.45) is 5.92 Å². The Bertz CT molecular complexity index is 1240. The van der Waals surface area contributed by atoms with Gasteiger partial charge in [0.2, 0.25) is 0 Å². The first kappa shape index (κ1) is 29.7. The number of hydrogen-bond acceptors (Lipinski definition) is 10. The van der Waals surface area contributed by atoms with E-state index < -0.39 is 47.0 Å². The van der Waals surface area contributed by atoms with Crippen LogP contribution in [0.25, 0.3) is 0 Å². The minimum Gasteiger partial charge on any atom is -0.508 e. The van der Waals surface area contributed by atoms with Gasteiger partial charge in [-0.25, -0.2) is 13.2 Å². The number of hydroxylamine groups is 1. The quantitative estimate of drug-likeness (QED) is 0.330. The average Bonchev–Trinajstić information content (AvgIpc) is 3.59. The highest BCUT2D eigenvalue weighted by Crippen LogP contribution is 2.33. The number of fused-ring (bicyclic) bond motifs is 1. The molecule has 3 aliphatic heterocycles. The molecule has 3 fully saturated rings. The van der Waals surface area contributed by atoms with E-state index in [-0.39, 0.29) is 35.9 Å². The first-order chi connectivity index (χ1) is 19.8. The van der Waals surface area contributed by atoms with E-state index in [4.69, 9.17) is 23.8 Å². The fourth-order valence-corrected chi connectivity index (χ4v) is 6.48. The van der Waals surface area contributed by atoms with Crippen LogP contribution in [0.1, 0.15) is 24.8 Å². The summed E-state index contributed by atoms with van der Waals surface area (Å²) in [6.45, 7) is 1.12. The summed E-state index contributed by atoms with van der Waals surface area (Å²) in [5.74, 6) is -0.147. The van der Waals surface area contributed by atoms with Crippen LogP contribution in [0.3, 0.4) is 0 Å². The third kappa shape index (κ3) is 7.55. The van der Waals surface area contributed by atoms with Gasteiger partial charge >= 0.3 is 6.09 Å². The maximum absolute atomic E-state index is 13.6. The van der Waals surface area contributed by atoms with Crippen molar-refractivity contribution >= 4 is 16.1 Å². The van der Waals surface area contributed by atoms with Crippen molar-refractivity contribution in [1.82, 2.24) is 9.79 Å². The number of sulfonamides is 1. The maximum Gasteiger partial charge on any atom is 0.407 e. The molecule has 5 atom stereocenters.